The number of aryl methyl sites for hydroxylation is 1. The van der Waals surface area contributed by atoms with Crippen molar-refractivity contribution < 1.29 is 19.5 Å². The number of benzene rings is 3. The van der Waals surface area contributed by atoms with Crippen molar-refractivity contribution in [2.75, 3.05) is 5.32 Å². The Morgan fingerprint density at radius 2 is 1.55 bits per heavy atom. The number of rotatable bonds is 6. The van der Waals surface area contributed by atoms with E-state index in [1.807, 2.05) is 19.1 Å². The van der Waals surface area contributed by atoms with E-state index in [1.165, 1.54) is 30.3 Å². The van der Waals surface area contributed by atoms with Crippen molar-refractivity contribution in [2.24, 2.45) is 0 Å². The Labute approximate surface area is 184 Å². The normalized spacial score (nSPS) is 11.0. The van der Waals surface area contributed by atoms with Gasteiger partial charge in [0.25, 0.3) is 11.8 Å². The first-order valence-electron chi connectivity index (χ1n) is 9.32. The summed E-state index contributed by atoms with van der Waals surface area (Å²) in [6, 6.07) is 19.6. The first-order chi connectivity index (χ1) is 14.8. The molecule has 0 spiro atoms. The topological polar surface area (TPSA) is 95.5 Å². The Morgan fingerprint density at radius 1 is 0.903 bits per heavy atom. The van der Waals surface area contributed by atoms with E-state index < -0.39 is 17.8 Å². The van der Waals surface area contributed by atoms with Crippen LogP contribution in [0.3, 0.4) is 0 Å². The fraction of sp³-hybridized carbons (Fsp3) is 0.0417. The lowest BCUT2D eigenvalue weighted by Crippen LogP contribution is -2.31. The molecule has 3 rings (SSSR count). The molecule has 0 radical (unpaired) electrons. The Balaban J connectivity index is 1.88. The first kappa shape index (κ1) is 21.8. The zero-order valence-electron chi connectivity index (χ0n) is 16.6. The average Bonchev–Trinajstić information content (AvgIpc) is 2.75. The number of hydrogen-bond acceptors (Lipinski definition) is 3. The van der Waals surface area contributed by atoms with Crippen molar-refractivity contribution >= 4 is 41.1 Å². The predicted molar refractivity (Wildman–Crippen MR) is 120 cm³/mol. The molecule has 0 aliphatic rings. The molecule has 0 aromatic heterocycles. The molecule has 3 N–H and O–H groups in total. The summed E-state index contributed by atoms with van der Waals surface area (Å²) in [6.45, 7) is 1.81. The number of nitrogens with one attached hydrogen (secondary N) is 2. The van der Waals surface area contributed by atoms with Gasteiger partial charge in [0.1, 0.15) is 5.70 Å². The molecule has 2 amide bonds. The molecule has 3 aromatic carbocycles. The van der Waals surface area contributed by atoms with E-state index in [0.29, 0.717) is 21.8 Å². The van der Waals surface area contributed by atoms with Crippen LogP contribution >= 0.6 is 11.6 Å². The van der Waals surface area contributed by atoms with Gasteiger partial charge in [-0.3, -0.25) is 9.59 Å². The number of halogens is 1. The maximum atomic E-state index is 12.9. The van der Waals surface area contributed by atoms with Gasteiger partial charge in [-0.15, -0.1) is 0 Å². The number of hydrogen-bond donors (Lipinski definition) is 3. The Morgan fingerprint density at radius 3 is 2.16 bits per heavy atom. The van der Waals surface area contributed by atoms with Crippen molar-refractivity contribution in [3.05, 3.63) is 106 Å². The summed E-state index contributed by atoms with van der Waals surface area (Å²) >= 11 is 5.92. The van der Waals surface area contributed by atoms with Gasteiger partial charge in [0.05, 0.1) is 5.56 Å². The number of carboxylic acids is 1. The largest absolute Gasteiger partial charge is 0.478 e. The summed E-state index contributed by atoms with van der Waals surface area (Å²) < 4.78 is 0. The van der Waals surface area contributed by atoms with Crippen molar-refractivity contribution in [1.29, 1.82) is 0 Å². The maximum absolute atomic E-state index is 12.9. The third-order valence-corrected chi connectivity index (χ3v) is 4.71. The summed E-state index contributed by atoms with van der Waals surface area (Å²) in [7, 11) is 0. The van der Waals surface area contributed by atoms with Gasteiger partial charge in [-0.1, -0.05) is 41.9 Å². The third kappa shape index (κ3) is 5.81. The quantitative estimate of drug-likeness (QED) is 0.487. The van der Waals surface area contributed by atoms with Crippen LogP contribution in [0.2, 0.25) is 5.02 Å². The maximum Gasteiger partial charge on any atom is 0.335 e. The molecular formula is C24H19ClN2O4. The highest BCUT2D eigenvalue weighted by molar-refractivity contribution is 6.30. The van der Waals surface area contributed by atoms with Gasteiger partial charge in [0.15, 0.2) is 0 Å². The highest BCUT2D eigenvalue weighted by Gasteiger charge is 2.16. The smallest absolute Gasteiger partial charge is 0.335 e. The van der Waals surface area contributed by atoms with Gasteiger partial charge in [-0.25, -0.2) is 4.79 Å². The molecule has 0 aliphatic carbocycles. The summed E-state index contributed by atoms with van der Waals surface area (Å²) in [5.74, 6) is -2.04. The number of aromatic carboxylic acids is 1. The highest BCUT2D eigenvalue weighted by atomic mass is 35.5. The van der Waals surface area contributed by atoms with Crippen LogP contribution in [0.25, 0.3) is 6.08 Å². The molecule has 0 aliphatic heterocycles. The first-order valence-corrected chi connectivity index (χ1v) is 9.70. The van der Waals surface area contributed by atoms with Crippen LogP contribution in [0.1, 0.15) is 31.8 Å². The standard InChI is InChI=1S/C24H19ClN2O4/c1-15-4-2-3-5-20(15)22(28)27-21(14-16-6-10-18(25)11-7-16)23(29)26-19-12-8-17(9-13-19)24(30)31/h2-14H,1H3,(H,26,29)(H,27,28)(H,30,31). The molecule has 156 valence electrons. The van der Waals surface area contributed by atoms with Crippen LogP contribution in [-0.2, 0) is 4.79 Å². The average molecular weight is 435 g/mol. The molecular weight excluding hydrogens is 416 g/mol. The second-order valence-corrected chi connectivity index (χ2v) is 7.15. The second kappa shape index (κ2) is 9.73. The summed E-state index contributed by atoms with van der Waals surface area (Å²) in [5.41, 5.74) is 2.40. The monoisotopic (exact) mass is 434 g/mol. The third-order valence-electron chi connectivity index (χ3n) is 4.45. The van der Waals surface area contributed by atoms with Crippen molar-refractivity contribution in [1.82, 2.24) is 5.32 Å². The van der Waals surface area contributed by atoms with E-state index >= 15 is 0 Å². The van der Waals surface area contributed by atoms with E-state index in [1.54, 1.807) is 36.4 Å². The van der Waals surface area contributed by atoms with Gasteiger partial charge < -0.3 is 15.7 Å². The lowest BCUT2D eigenvalue weighted by atomic mass is 10.1. The van der Waals surface area contributed by atoms with Crippen LogP contribution in [-0.4, -0.2) is 22.9 Å². The van der Waals surface area contributed by atoms with Crippen molar-refractivity contribution in [3.63, 3.8) is 0 Å². The molecule has 6 nitrogen and oxygen atoms in total. The summed E-state index contributed by atoms with van der Waals surface area (Å²) in [4.78, 5) is 36.7. The van der Waals surface area contributed by atoms with E-state index in [4.69, 9.17) is 16.7 Å². The lowest BCUT2D eigenvalue weighted by Gasteiger charge is -2.12. The lowest BCUT2D eigenvalue weighted by molar-refractivity contribution is -0.113. The van der Waals surface area contributed by atoms with Crippen LogP contribution in [0.5, 0.6) is 0 Å². The molecule has 31 heavy (non-hydrogen) atoms. The molecule has 0 heterocycles. The molecule has 0 saturated heterocycles. The molecule has 0 unspecified atom stereocenters. The summed E-state index contributed by atoms with van der Waals surface area (Å²) in [5, 5.41) is 14.9. The van der Waals surface area contributed by atoms with Gasteiger partial charge in [0, 0.05) is 16.3 Å². The van der Waals surface area contributed by atoms with Crippen LogP contribution < -0.4 is 10.6 Å². The number of carboxylic acid groups (broad SMARTS) is 1. The number of amides is 2. The Kier molecular flexibility index (Phi) is 6.85. The fourth-order valence-electron chi connectivity index (χ4n) is 2.80. The fourth-order valence-corrected chi connectivity index (χ4v) is 2.92. The van der Waals surface area contributed by atoms with E-state index in [0.717, 1.165) is 5.56 Å². The SMILES string of the molecule is Cc1ccccc1C(=O)NC(=Cc1ccc(Cl)cc1)C(=O)Nc1ccc(C(=O)O)cc1. The summed E-state index contributed by atoms with van der Waals surface area (Å²) in [6.07, 6.45) is 1.54. The van der Waals surface area contributed by atoms with Crippen molar-refractivity contribution in [2.45, 2.75) is 6.92 Å². The van der Waals surface area contributed by atoms with E-state index in [-0.39, 0.29) is 11.3 Å². The number of anilines is 1. The molecule has 3 aromatic rings. The molecule has 0 fully saturated rings. The van der Waals surface area contributed by atoms with Crippen LogP contribution in [0.4, 0.5) is 5.69 Å². The van der Waals surface area contributed by atoms with Crippen molar-refractivity contribution in [3.8, 4) is 0 Å². The number of carbonyl (C=O) groups is 3. The molecule has 0 bridgehead atoms. The molecule has 0 atom stereocenters. The Hall–Kier alpha value is -3.90. The van der Waals surface area contributed by atoms with Gasteiger partial charge >= 0.3 is 5.97 Å². The second-order valence-electron chi connectivity index (χ2n) is 6.72. The molecule has 0 saturated carbocycles. The minimum Gasteiger partial charge on any atom is -0.478 e. The minimum absolute atomic E-state index is 0.0258. The highest BCUT2D eigenvalue weighted by Crippen LogP contribution is 2.15. The van der Waals surface area contributed by atoms with Crippen LogP contribution in [0.15, 0.2) is 78.5 Å². The predicted octanol–water partition coefficient (Wildman–Crippen LogP) is 4.76. The zero-order valence-corrected chi connectivity index (χ0v) is 17.3. The minimum atomic E-state index is -1.06. The van der Waals surface area contributed by atoms with Gasteiger partial charge in [-0.05, 0) is 66.6 Å². The van der Waals surface area contributed by atoms with Crippen LogP contribution in [0, 0.1) is 6.92 Å². The van der Waals surface area contributed by atoms with E-state index in [2.05, 4.69) is 10.6 Å². The van der Waals surface area contributed by atoms with Gasteiger partial charge in [0.2, 0.25) is 0 Å². The number of carbonyl (C=O) groups excluding carboxylic acids is 2. The van der Waals surface area contributed by atoms with E-state index in [9.17, 15) is 14.4 Å². The molecule has 7 heteroatoms. The zero-order chi connectivity index (χ0) is 22.4. The van der Waals surface area contributed by atoms with Gasteiger partial charge in [-0.2, -0.15) is 0 Å². The Bertz CT molecular complexity index is 1150.